The number of hydrogen-bond donors (Lipinski definition) is 1. The average molecular weight is 345 g/mol. The van der Waals surface area contributed by atoms with Crippen LogP contribution in [-0.2, 0) is 0 Å². The van der Waals surface area contributed by atoms with Gasteiger partial charge < -0.3 is 5.11 Å². The van der Waals surface area contributed by atoms with Crippen LogP contribution < -0.4 is 0 Å². The van der Waals surface area contributed by atoms with Crippen molar-refractivity contribution >= 4 is 0 Å². The molecule has 4 rings (SSSR count). The molecule has 0 radical (unpaired) electrons. The molecule has 3 saturated carbocycles. The second kappa shape index (κ2) is 5.37. The summed E-state index contributed by atoms with van der Waals surface area (Å²) >= 11 is 0. The van der Waals surface area contributed by atoms with E-state index >= 15 is 0 Å². The van der Waals surface area contributed by atoms with E-state index in [-0.39, 0.29) is 11.5 Å². The predicted molar refractivity (Wildman–Crippen MR) is 105 cm³/mol. The number of rotatable bonds is 0. The highest BCUT2D eigenvalue weighted by atomic mass is 16.3. The molecule has 0 saturated heterocycles. The lowest BCUT2D eigenvalue weighted by Gasteiger charge is -2.69. The Morgan fingerprint density at radius 2 is 1.64 bits per heavy atom. The Labute approximate surface area is 155 Å². The number of fused-ring (bicyclic) bond motifs is 5. The van der Waals surface area contributed by atoms with Gasteiger partial charge >= 0.3 is 0 Å². The van der Waals surface area contributed by atoms with Gasteiger partial charge in [0.05, 0.1) is 6.10 Å². The van der Waals surface area contributed by atoms with Gasteiger partial charge in [-0.1, -0.05) is 59.6 Å². The Morgan fingerprint density at radius 1 is 0.920 bits per heavy atom. The summed E-state index contributed by atoms with van der Waals surface area (Å²) in [5.74, 6) is 2.23. The van der Waals surface area contributed by atoms with Gasteiger partial charge in [0.25, 0.3) is 0 Å². The van der Waals surface area contributed by atoms with Crippen molar-refractivity contribution in [3.8, 4) is 0 Å². The molecule has 3 fully saturated rings. The van der Waals surface area contributed by atoms with Gasteiger partial charge in [-0.05, 0) is 84.4 Å². The fourth-order valence-electron chi connectivity index (χ4n) is 8.62. The molecule has 1 heteroatoms. The van der Waals surface area contributed by atoms with E-state index in [9.17, 15) is 5.11 Å². The van der Waals surface area contributed by atoms with Crippen molar-refractivity contribution in [2.45, 2.75) is 99.0 Å². The van der Waals surface area contributed by atoms with E-state index in [0.29, 0.717) is 22.2 Å². The largest absolute Gasteiger partial charge is 0.393 e. The van der Waals surface area contributed by atoms with Gasteiger partial charge in [0.15, 0.2) is 0 Å². The first-order valence-electron chi connectivity index (χ1n) is 11.0. The van der Waals surface area contributed by atoms with Gasteiger partial charge in [0.2, 0.25) is 0 Å². The molecule has 0 heterocycles. The minimum atomic E-state index is -0.116. The van der Waals surface area contributed by atoms with Crippen LogP contribution >= 0.6 is 0 Å². The van der Waals surface area contributed by atoms with Crippen molar-refractivity contribution in [2.75, 3.05) is 0 Å². The van der Waals surface area contributed by atoms with E-state index < -0.39 is 0 Å². The molecule has 1 nitrogen and oxygen atoms in total. The molecule has 4 aliphatic carbocycles. The van der Waals surface area contributed by atoms with Gasteiger partial charge in [-0.15, -0.1) is 0 Å². The zero-order valence-electron chi connectivity index (χ0n) is 17.5. The second-order valence-corrected chi connectivity index (χ2v) is 11.5. The molecular formula is C24H40O. The SMILES string of the molecule is C[C@@H]1CCC[C@]2(C)C1=CC[C@@H]1[C@@]3(C)CC[C@H](O)C(C)(C)[C@@H]3CC[C@]12C. The van der Waals surface area contributed by atoms with Crippen LogP contribution in [-0.4, -0.2) is 11.2 Å². The Balaban J connectivity index is 1.79. The summed E-state index contributed by atoms with van der Waals surface area (Å²) in [6.45, 7) is 15.0. The number of allylic oxidation sites excluding steroid dienone is 2. The molecule has 25 heavy (non-hydrogen) atoms. The normalized spacial score (nSPS) is 54.8. The molecule has 0 aromatic rings. The summed E-state index contributed by atoms with van der Waals surface area (Å²) < 4.78 is 0. The van der Waals surface area contributed by atoms with E-state index in [0.717, 1.165) is 18.3 Å². The van der Waals surface area contributed by atoms with Crippen LogP contribution in [0.15, 0.2) is 11.6 Å². The highest BCUT2D eigenvalue weighted by Crippen LogP contribution is 2.73. The van der Waals surface area contributed by atoms with E-state index in [4.69, 9.17) is 0 Å². The van der Waals surface area contributed by atoms with Crippen LogP contribution in [0.4, 0.5) is 0 Å². The zero-order valence-corrected chi connectivity index (χ0v) is 17.5. The minimum absolute atomic E-state index is 0.0685. The Hall–Kier alpha value is -0.300. The number of hydrogen-bond acceptors (Lipinski definition) is 1. The predicted octanol–water partition coefficient (Wildman–Crippen LogP) is 6.36. The highest BCUT2D eigenvalue weighted by molar-refractivity contribution is 5.30. The lowest BCUT2D eigenvalue weighted by molar-refractivity contribution is -0.197. The van der Waals surface area contributed by atoms with E-state index in [1.165, 1.54) is 44.9 Å². The summed E-state index contributed by atoms with van der Waals surface area (Å²) in [6, 6.07) is 0. The summed E-state index contributed by atoms with van der Waals surface area (Å²) in [6.07, 6.45) is 12.9. The van der Waals surface area contributed by atoms with Crippen molar-refractivity contribution in [1.29, 1.82) is 0 Å². The van der Waals surface area contributed by atoms with E-state index in [1.807, 2.05) is 0 Å². The van der Waals surface area contributed by atoms with Gasteiger partial charge in [-0.25, -0.2) is 0 Å². The van der Waals surface area contributed by atoms with Gasteiger partial charge in [0.1, 0.15) is 0 Å². The lowest BCUT2D eigenvalue weighted by Crippen LogP contribution is -2.63. The maximum Gasteiger partial charge on any atom is 0.0594 e. The topological polar surface area (TPSA) is 20.2 Å². The summed E-state index contributed by atoms with van der Waals surface area (Å²) in [5, 5.41) is 10.7. The molecule has 0 unspecified atom stereocenters. The molecule has 0 aliphatic heterocycles. The fourth-order valence-corrected chi connectivity index (χ4v) is 8.62. The Morgan fingerprint density at radius 3 is 2.36 bits per heavy atom. The van der Waals surface area contributed by atoms with Crippen molar-refractivity contribution in [2.24, 2.45) is 39.4 Å². The Kier molecular flexibility index (Phi) is 3.88. The van der Waals surface area contributed by atoms with Crippen LogP contribution in [0.25, 0.3) is 0 Å². The van der Waals surface area contributed by atoms with Crippen LogP contribution in [0.3, 0.4) is 0 Å². The van der Waals surface area contributed by atoms with E-state index in [2.05, 4.69) is 47.6 Å². The van der Waals surface area contributed by atoms with Crippen molar-refractivity contribution in [1.82, 2.24) is 0 Å². The monoisotopic (exact) mass is 344 g/mol. The van der Waals surface area contributed by atoms with Crippen molar-refractivity contribution < 1.29 is 5.11 Å². The van der Waals surface area contributed by atoms with Gasteiger partial charge in [-0.3, -0.25) is 0 Å². The standard InChI is InChI=1S/C24H40O/c1-16-8-7-13-23(5)17(16)9-10-19-22(4)14-12-20(25)21(2,3)18(22)11-15-24(19,23)6/h9,16,18-20,25H,7-8,10-15H2,1-6H3/t16-,18+,19-,20+,22+,23-,24-/m1/s1. The summed E-state index contributed by atoms with van der Waals surface area (Å²) in [4.78, 5) is 0. The minimum Gasteiger partial charge on any atom is -0.393 e. The molecule has 4 aliphatic rings. The fraction of sp³-hybridized carbons (Fsp3) is 0.917. The van der Waals surface area contributed by atoms with Crippen molar-refractivity contribution in [3.05, 3.63) is 11.6 Å². The van der Waals surface area contributed by atoms with Gasteiger partial charge in [0, 0.05) is 0 Å². The third-order valence-electron chi connectivity index (χ3n) is 10.3. The molecule has 0 aromatic heterocycles. The molecule has 0 bridgehead atoms. The van der Waals surface area contributed by atoms with Gasteiger partial charge in [-0.2, -0.15) is 0 Å². The van der Waals surface area contributed by atoms with Crippen LogP contribution in [0.5, 0.6) is 0 Å². The molecule has 0 spiro atoms. The zero-order chi connectivity index (χ0) is 18.3. The molecule has 142 valence electrons. The summed E-state index contributed by atoms with van der Waals surface area (Å²) in [5.41, 5.74) is 3.10. The molecule has 0 amide bonds. The maximum atomic E-state index is 10.7. The lowest BCUT2D eigenvalue weighted by atomic mass is 9.35. The maximum absolute atomic E-state index is 10.7. The molecule has 1 N–H and O–H groups in total. The smallest absolute Gasteiger partial charge is 0.0594 e. The first-order chi connectivity index (χ1) is 11.6. The van der Waals surface area contributed by atoms with Crippen molar-refractivity contribution in [3.63, 3.8) is 0 Å². The third kappa shape index (κ3) is 2.11. The third-order valence-corrected chi connectivity index (χ3v) is 10.3. The quantitative estimate of drug-likeness (QED) is 0.507. The Bertz CT molecular complexity index is 589. The van der Waals surface area contributed by atoms with Crippen LogP contribution in [0.2, 0.25) is 0 Å². The second-order valence-electron chi connectivity index (χ2n) is 11.5. The highest BCUT2D eigenvalue weighted by Gasteiger charge is 2.65. The number of aliphatic hydroxyl groups is 1. The average Bonchev–Trinajstić information content (AvgIpc) is 2.52. The first-order valence-corrected chi connectivity index (χ1v) is 11.0. The molecule has 0 aromatic carbocycles. The molecule has 7 atom stereocenters. The van der Waals surface area contributed by atoms with E-state index in [1.54, 1.807) is 5.57 Å². The number of aliphatic hydroxyl groups excluding tert-OH is 1. The summed E-state index contributed by atoms with van der Waals surface area (Å²) in [7, 11) is 0. The van der Waals surface area contributed by atoms with Crippen LogP contribution in [0.1, 0.15) is 92.9 Å². The first kappa shape index (κ1) is 18.1. The van der Waals surface area contributed by atoms with Crippen LogP contribution in [0, 0.1) is 39.4 Å². The molecular weight excluding hydrogens is 304 g/mol.